The van der Waals surface area contributed by atoms with Crippen LogP contribution in [-0.2, 0) is 9.53 Å². The highest BCUT2D eigenvalue weighted by atomic mass is 16.5. The average Bonchev–Trinajstić information content (AvgIpc) is 3.34. The first kappa shape index (κ1) is 20.7. The molecular formula is C26H35N3O2. The lowest BCUT2D eigenvalue weighted by atomic mass is 9.82. The standard InChI is InChI=1S/C26H35N3O2/c1-26(14-15-26)25(30)29-17-5-8-22(23-13-16-27-28-23)24(29)18-31-21-11-9-20(10-12-21)19-6-3-2-4-7-19/h2-4,6-7,13,16,20-22,24H,5,8-12,14-15,17-18H2,1H3,(H,27,28)/t20-,21+,22-,24+/m1/s1. The Morgan fingerprint density at radius 3 is 2.58 bits per heavy atom. The number of aromatic nitrogens is 2. The summed E-state index contributed by atoms with van der Waals surface area (Å²) in [5.41, 5.74) is 2.39. The van der Waals surface area contributed by atoms with Crippen molar-refractivity contribution in [2.45, 2.75) is 82.3 Å². The van der Waals surface area contributed by atoms with Crippen LogP contribution in [0.4, 0.5) is 0 Å². The summed E-state index contributed by atoms with van der Waals surface area (Å²) in [6.07, 6.45) is 10.9. The van der Waals surface area contributed by atoms with E-state index in [1.807, 2.05) is 6.20 Å². The van der Waals surface area contributed by atoms with E-state index >= 15 is 0 Å². The molecule has 3 aliphatic rings. The van der Waals surface area contributed by atoms with Crippen molar-refractivity contribution in [3.63, 3.8) is 0 Å². The number of nitrogens with zero attached hydrogens (tertiary/aromatic N) is 2. The van der Waals surface area contributed by atoms with Crippen LogP contribution in [-0.4, -0.2) is 46.3 Å². The molecule has 2 heterocycles. The molecule has 5 rings (SSSR count). The van der Waals surface area contributed by atoms with E-state index in [9.17, 15) is 4.79 Å². The first-order chi connectivity index (χ1) is 15.1. The molecule has 1 N–H and O–H groups in total. The molecule has 0 radical (unpaired) electrons. The summed E-state index contributed by atoms with van der Waals surface area (Å²) < 4.78 is 6.52. The predicted molar refractivity (Wildman–Crippen MR) is 121 cm³/mol. The highest BCUT2D eigenvalue weighted by Gasteiger charge is 2.50. The van der Waals surface area contributed by atoms with Gasteiger partial charge in [-0.15, -0.1) is 0 Å². The molecule has 0 unspecified atom stereocenters. The first-order valence-electron chi connectivity index (χ1n) is 12.1. The molecule has 3 fully saturated rings. The van der Waals surface area contributed by atoms with E-state index in [1.54, 1.807) is 0 Å². The molecule has 5 nitrogen and oxygen atoms in total. The van der Waals surface area contributed by atoms with Crippen molar-refractivity contribution < 1.29 is 9.53 Å². The second-order valence-corrected chi connectivity index (χ2v) is 10.1. The Balaban J connectivity index is 1.24. The molecule has 1 aromatic heterocycles. The van der Waals surface area contributed by atoms with Gasteiger partial charge < -0.3 is 9.64 Å². The summed E-state index contributed by atoms with van der Waals surface area (Å²) in [4.78, 5) is 15.4. The van der Waals surface area contributed by atoms with Gasteiger partial charge in [-0.3, -0.25) is 9.89 Å². The van der Waals surface area contributed by atoms with Crippen LogP contribution in [0.3, 0.4) is 0 Å². The van der Waals surface area contributed by atoms with Gasteiger partial charge in [-0.05, 0) is 68.9 Å². The maximum atomic E-state index is 13.3. The maximum Gasteiger partial charge on any atom is 0.228 e. The van der Waals surface area contributed by atoms with Gasteiger partial charge in [0.2, 0.25) is 5.91 Å². The molecule has 2 atom stereocenters. The van der Waals surface area contributed by atoms with Crippen molar-refractivity contribution in [1.82, 2.24) is 15.1 Å². The van der Waals surface area contributed by atoms with E-state index in [0.29, 0.717) is 24.5 Å². The van der Waals surface area contributed by atoms with Gasteiger partial charge in [0.15, 0.2) is 0 Å². The van der Waals surface area contributed by atoms with E-state index in [0.717, 1.165) is 50.8 Å². The van der Waals surface area contributed by atoms with Crippen molar-refractivity contribution in [2.75, 3.05) is 13.2 Å². The maximum absolute atomic E-state index is 13.3. The quantitative estimate of drug-likeness (QED) is 0.712. The Morgan fingerprint density at radius 2 is 1.90 bits per heavy atom. The van der Waals surface area contributed by atoms with Gasteiger partial charge in [-0.25, -0.2) is 0 Å². The molecule has 0 spiro atoms. The number of benzene rings is 1. The molecule has 31 heavy (non-hydrogen) atoms. The van der Waals surface area contributed by atoms with Gasteiger partial charge in [-0.1, -0.05) is 37.3 Å². The number of aromatic amines is 1. The van der Waals surface area contributed by atoms with E-state index in [4.69, 9.17) is 4.74 Å². The lowest BCUT2D eigenvalue weighted by Crippen LogP contribution is -2.52. The third-order valence-corrected chi connectivity index (χ3v) is 7.91. The summed E-state index contributed by atoms with van der Waals surface area (Å²) in [5, 5.41) is 7.45. The third kappa shape index (κ3) is 4.43. The Bertz CT molecular complexity index is 854. The monoisotopic (exact) mass is 421 g/mol. The topological polar surface area (TPSA) is 58.2 Å². The van der Waals surface area contributed by atoms with Gasteiger partial charge in [-0.2, -0.15) is 5.10 Å². The van der Waals surface area contributed by atoms with Crippen molar-refractivity contribution in [3.05, 3.63) is 53.9 Å². The lowest BCUT2D eigenvalue weighted by Gasteiger charge is -2.42. The number of rotatable bonds is 6. The van der Waals surface area contributed by atoms with Crippen molar-refractivity contribution >= 4 is 5.91 Å². The molecule has 2 aliphatic carbocycles. The second kappa shape index (κ2) is 8.78. The zero-order chi connectivity index (χ0) is 21.3. The molecule has 1 amide bonds. The zero-order valence-electron chi connectivity index (χ0n) is 18.6. The van der Waals surface area contributed by atoms with Gasteiger partial charge in [0.1, 0.15) is 0 Å². The molecule has 166 valence electrons. The number of hydrogen-bond donors (Lipinski definition) is 1. The van der Waals surface area contributed by atoms with Gasteiger partial charge in [0.05, 0.1) is 24.4 Å². The van der Waals surface area contributed by atoms with Gasteiger partial charge >= 0.3 is 0 Å². The minimum atomic E-state index is -0.139. The normalized spacial score (nSPS) is 30.2. The molecule has 5 heteroatoms. The Labute approximate surface area is 185 Å². The summed E-state index contributed by atoms with van der Waals surface area (Å²) in [6.45, 7) is 3.60. The van der Waals surface area contributed by atoms with Crippen LogP contribution in [0.25, 0.3) is 0 Å². The van der Waals surface area contributed by atoms with Crippen molar-refractivity contribution in [1.29, 1.82) is 0 Å². The molecular weight excluding hydrogens is 386 g/mol. The van der Waals surface area contributed by atoms with Gasteiger partial charge in [0, 0.05) is 24.1 Å². The molecule has 2 aromatic rings. The molecule has 1 aromatic carbocycles. The first-order valence-corrected chi connectivity index (χ1v) is 12.1. The number of carbonyl (C=O) groups is 1. The van der Waals surface area contributed by atoms with Crippen LogP contribution in [0, 0.1) is 5.41 Å². The number of carbonyl (C=O) groups excluding carboxylic acids is 1. The predicted octanol–water partition coefficient (Wildman–Crippen LogP) is 5.03. The Morgan fingerprint density at radius 1 is 1.13 bits per heavy atom. The van der Waals surface area contributed by atoms with Crippen LogP contribution in [0.5, 0.6) is 0 Å². The molecule has 0 bridgehead atoms. The minimum Gasteiger partial charge on any atom is -0.376 e. The Hall–Kier alpha value is -2.14. The highest BCUT2D eigenvalue weighted by Crippen LogP contribution is 2.48. The third-order valence-electron chi connectivity index (χ3n) is 7.91. The van der Waals surface area contributed by atoms with Crippen LogP contribution in [0.2, 0.25) is 0 Å². The zero-order valence-corrected chi connectivity index (χ0v) is 18.6. The van der Waals surface area contributed by atoms with E-state index in [1.165, 1.54) is 18.4 Å². The van der Waals surface area contributed by atoms with E-state index < -0.39 is 0 Å². The number of H-pyrrole nitrogens is 1. The molecule has 2 saturated carbocycles. The van der Waals surface area contributed by atoms with Crippen LogP contribution in [0.15, 0.2) is 42.6 Å². The lowest BCUT2D eigenvalue weighted by molar-refractivity contribution is -0.143. The fraction of sp³-hybridized carbons (Fsp3) is 0.615. The number of nitrogens with one attached hydrogen (secondary N) is 1. The van der Waals surface area contributed by atoms with Crippen LogP contribution < -0.4 is 0 Å². The number of piperidine rings is 1. The highest BCUT2D eigenvalue weighted by molar-refractivity contribution is 5.85. The summed E-state index contributed by atoms with van der Waals surface area (Å²) in [5.74, 6) is 1.24. The number of hydrogen-bond acceptors (Lipinski definition) is 3. The van der Waals surface area contributed by atoms with E-state index in [-0.39, 0.29) is 17.4 Å². The molecule has 1 saturated heterocycles. The minimum absolute atomic E-state index is 0.0915. The summed E-state index contributed by atoms with van der Waals surface area (Å²) >= 11 is 0. The van der Waals surface area contributed by atoms with E-state index in [2.05, 4.69) is 58.4 Å². The summed E-state index contributed by atoms with van der Waals surface area (Å²) in [7, 11) is 0. The number of likely N-dealkylation sites (tertiary alicyclic amines) is 1. The van der Waals surface area contributed by atoms with Crippen molar-refractivity contribution in [3.8, 4) is 0 Å². The largest absolute Gasteiger partial charge is 0.376 e. The summed E-state index contributed by atoms with van der Waals surface area (Å²) in [6, 6.07) is 13.0. The molecule has 1 aliphatic heterocycles. The SMILES string of the molecule is CC1(C(=O)N2CCC[C@H](c3cc[nH]n3)[C@@H]2CO[C@H]2CC[C@@H](c3ccccc3)CC2)CC1. The Kier molecular flexibility index (Phi) is 5.87. The van der Waals surface area contributed by atoms with Gasteiger partial charge in [0.25, 0.3) is 0 Å². The smallest absolute Gasteiger partial charge is 0.228 e. The second-order valence-electron chi connectivity index (χ2n) is 10.1. The number of ether oxygens (including phenoxy) is 1. The van der Waals surface area contributed by atoms with Crippen molar-refractivity contribution in [2.24, 2.45) is 5.41 Å². The fourth-order valence-corrected chi connectivity index (χ4v) is 5.61. The average molecular weight is 422 g/mol. The van der Waals surface area contributed by atoms with Crippen LogP contribution in [0.1, 0.15) is 81.4 Å². The van der Waals surface area contributed by atoms with Crippen LogP contribution >= 0.6 is 0 Å². The number of amides is 1. The fourth-order valence-electron chi connectivity index (χ4n) is 5.61.